The monoisotopic (exact) mass is 365 g/mol. The summed E-state index contributed by atoms with van der Waals surface area (Å²) in [6.45, 7) is 6.12. The van der Waals surface area contributed by atoms with Crippen LogP contribution in [0, 0.1) is 0 Å². The van der Waals surface area contributed by atoms with Gasteiger partial charge in [0.2, 0.25) is 5.95 Å². The van der Waals surface area contributed by atoms with Crippen LogP contribution in [0.25, 0.3) is 0 Å². The maximum atomic E-state index is 6.14. The lowest BCUT2D eigenvalue weighted by atomic mass is 10.2. The molecule has 2 aromatic rings. The smallest absolute Gasteiger partial charge is 0.249 e. The molecule has 0 aliphatic heterocycles. The number of rotatable bonds is 9. The number of anilines is 3. The molecule has 1 N–H and O–H groups in total. The van der Waals surface area contributed by atoms with Crippen molar-refractivity contribution in [2.75, 3.05) is 37.5 Å². The van der Waals surface area contributed by atoms with Gasteiger partial charge in [0, 0.05) is 25.2 Å². The van der Waals surface area contributed by atoms with Gasteiger partial charge in [0.25, 0.3) is 0 Å². The second-order valence-corrected chi connectivity index (χ2v) is 5.84. The second kappa shape index (κ2) is 9.27. The van der Waals surface area contributed by atoms with Crippen molar-refractivity contribution in [1.82, 2.24) is 15.2 Å². The lowest BCUT2D eigenvalue weighted by Crippen LogP contribution is -2.26. The molecule has 0 bridgehead atoms. The predicted octanol–water partition coefficient (Wildman–Crippen LogP) is 3.91. The average Bonchev–Trinajstić information content (AvgIpc) is 2.63. The first-order valence-corrected chi connectivity index (χ1v) is 8.63. The summed E-state index contributed by atoms with van der Waals surface area (Å²) >= 11 is 6.14. The minimum atomic E-state index is 0.386. The van der Waals surface area contributed by atoms with Gasteiger partial charge < -0.3 is 19.7 Å². The van der Waals surface area contributed by atoms with Gasteiger partial charge in [-0.3, -0.25) is 0 Å². The van der Waals surface area contributed by atoms with Crippen molar-refractivity contribution in [2.45, 2.75) is 26.7 Å². The molecule has 0 saturated heterocycles. The van der Waals surface area contributed by atoms with E-state index < -0.39 is 0 Å². The van der Waals surface area contributed by atoms with Crippen LogP contribution >= 0.6 is 11.6 Å². The third kappa shape index (κ3) is 4.85. The molecule has 1 heterocycles. The highest BCUT2D eigenvalue weighted by Gasteiger charge is 2.13. The fourth-order valence-corrected chi connectivity index (χ4v) is 2.69. The topological polar surface area (TPSA) is 72.4 Å². The second-order valence-electron chi connectivity index (χ2n) is 5.44. The summed E-state index contributed by atoms with van der Waals surface area (Å²) in [7, 11) is 3.13. The van der Waals surface area contributed by atoms with Gasteiger partial charge in [0.05, 0.1) is 31.1 Å². The molecule has 0 unspecified atom stereocenters. The number of benzene rings is 1. The first-order chi connectivity index (χ1) is 12.1. The van der Waals surface area contributed by atoms with Crippen LogP contribution in [0.5, 0.6) is 11.5 Å². The molecule has 0 fully saturated rings. The van der Waals surface area contributed by atoms with Crippen LogP contribution in [0.15, 0.2) is 18.3 Å². The lowest BCUT2D eigenvalue weighted by Gasteiger charge is -2.22. The van der Waals surface area contributed by atoms with E-state index in [0.717, 1.165) is 31.7 Å². The van der Waals surface area contributed by atoms with Gasteiger partial charge in [0.1, 0.15) is 11.5 Å². The minimum Gasteiger partial charge on any atom is -0.495 e. The number of aromatic nitrogens is 3. The number of nitrogens with one attached hydrogen (secondary N) is 1. The summed E-state index contributed by atoms with van der Waals surface area (Å²) in [4.78, 5) is 6.76. The summed E-state index contributed by atoms with van der Waals surface area (Å²) in [5, 5.41) is 11.7. The SMILES string of the molecule is CCCN(CCC)c1cnnc(Nc2cc(OC)c(Cl)cc2OC)n1. The van der Waals surface area contributed by atoms with Crippen molar-refractivity contribution in [1.29, 1.82) is 0 Å². The molecule has 1 aromatic heterocycles. The molecule has 0 spiro atoms. The van der Waals surface area contributed by atoms with Crippen LogP contribution < -0.4 is 19.7 Å². The summed E-state index contributed by atoms with van der Waals surface area (Å²) in [5.74, 6) is 2.28. The van der Waals surface area contributed by atoms with Crippen LogP contribution in [-0.2, 0) is 0 Å². The summed E-state index contributed by atoms with van der Waals surface area (Å²) in [6.07, 6.45) is 3.75. The average molecular weight is 366 g/mol. The lowest BCUT2D eigenvalue weighted by molar-refractivity contribution is 0.405. The fourth-order valence-electron chi connectivity index (χ4n) is 2.46. The van der Waals surface area contributed by atoms with Crippen molar-refractivity contribution >= 4 is 29.1 Å². The third-order valence-corrected chi connectivity index (χ3v) is 3.87. The summed E-state index contributed by atoms with van der Waals surface area (Å²) in [6, 6.07) is 3.42. The Bertz CT molecular complexity index is 693. The Labute approximate surface area is 153 Å². The van der Waals surface area contributed by atoms with E-state index in [-0.39, 0.29) is 0 Å². The number of hydrogen-bond donors (Lipinski definition) is 1. The number of hydrogen-bond acceptors (Lipinski definition) is 7. The van der Waals surface area contributed by atoms with Crippen LogP contribution in [0.1, 0.15) is 26.7 Å². The highest BCUT2D eigenvalue weighted by Crippen LogP contribution is 2.36. The van der Waals surface area contributed by atoms with Gasteiger partial charge in [-0.1, -0.05) is 25.4 Å². The normalized spacial score (nSPS) is 10.4. The molecule has 0 radical (unpaired) electrons. The number of nitrogens with zero attached hydrogens (tertiary/aromatic N) is 4. The van der Waals surface area contributed by atoms with Gasteiger partial charge >= 0.3 is 0 Å². The molecule has 8 heteroatoms. The highest BCUT2D eigenvalue weighted by atomic mass is 35.5. The zero-order valence-corrected chi connectivity index (χ0v) is 15.8. The summed E-state index contributed by atoms with van der Waals surface area (Å²) in [5.41, 5.74) is 0.653. The van der Waals surface area contributed by atoms with E-state index in [0.29, 0.717) is 28.2 Å². The number of halogens is 1. The van der Waals surface area contributed by atoms with Gasteiger partial charge in [-0.05, 0) is 12.8 Å². The first-order valence-electron chi connectivity index (χ1n) is 8.26. The number of methoxy groups -OCH3 is 2. The third-order valence-electron chi connectivity index (χ3n) is 3.58. The molecule has 0 aliphatic carbocycles. The van der Waals surface area contributed by atoms with E-state index >= 15 is 0 Å². The van der Waals surface area contributed by atoms with Crippen molar-refractivity contribution in [3.05, 3.63) is 23.4 Å². The molecule has 136 valence electrons. The molecule has 1 aromatic carbocycles. The molecule has 0 saturated carbocycles. The number of ether oxygens (including phenoxy) is 2. The Balaban J connectivity index is 2.30. The van der Waals surface area contributed by atoms with Crippen molar-refractivity contribution in [3.8, 4) is 11.5 Å². The van der Waals surface area contributed by atoms with Crippen molar-refractivity contribution in [2.24, 2.45) is 0 Å². The van der Waals surface area contributed by atoms with E-state index in [1.54, 1.807) is 32.5 Å². The standard InChI is InChI=1S/C17H24ClN5O2/c1-5-7-23(8-6-2)16-11-19-22-17(21-16)20-13-10-14(24-3)12(18)9-15(13)25-4/h9-11H,5-8H2,1-4H3,(H,20,21,22). The quantitative estimate of drug-likeness (QED) is 0.722. The maximum Gasteiger partial charge on any atom is 0.249 e. The van der Waals surface area contributed by atoms with Crippen LogP contribution in [0.4, 0.5) is 17.5 Å². The Kier molecular flexibility index (Phi) is 7.06. The van der Waals surface area contributed by atoms with Crippen LogP contribution in [0.2, 0.25) is 5.02 Å². The van der Waals surface area contributed by atoms with Gasteiger partial charge in [-0.25, -0.2) is 0 Å². The molecule has 7 nitrogen and oxygen atoms in total. The largest absolute Gasteiger partial charge is 0.495 e. The van der Waals surface area contributed by atoms with E-state index in [4.69, 9.17) is 21.1 Å². The van der Waals surface area contributed by atoms with E-state index in [9.17, 15) is 0 Å². The van der Waals surface area contributed by atoms with E-state index in [1.165, 1.54) is 0 Å². The minimum absolute atomic E-state index is 0.386. The first kappa shape index (κ1) is 19.1. The molecule has 25 heavy (non-hydrogen) atoms. The van der Waals surface area contributed by atoms with Gasteiger partial charge in [-0.15, -0.1) is 5.10 Å². The van der Waals surface area contributed by atoms with Crippen molar-refractivity contribution in [3.63, 3.8) is 0 Å². The van der Waals surface area contributed by atoms with Gasteiger partial charge in [-0.2, -0.15) is 10.1 Å². The fraction of sp³-hybridized carbons (Fsp3) is 0.471. The Morgan fingerprint density at radius 3 is 2.36 bits per heavy atom. The van der Waals surface area contributed by atoms with Gasteiger partial charge in [0.15, 0.2) is 5.82 Å². The summed E-state index contributed by atoms with van der Waals surface area (Å²) < 4.78 is 10.6. The predicted molar refractivity (Wildman–Crippen MR) is 100 cm³/mol. The molecule has 0 atom stereocenters. The molecule has 0 amide bonds. The molecule has 0 aliphatic rings. The van der Waals surface area contributed by atoms with E-state index in [1.807, 2.05) is 0 Å². The molecular weight excluding hydrogens is 342 g/mol. The maximum absolute atomic E-state index is 6.14. The molecule has 2 rings (SSSR count). The van der Waals surface area contributed by atoms with E-state index in [2.05, 4.69) is 39.2 Å². The Morgan fingerprint density at radius 1 is 1.08 bits per heavy atom. The zero-order valence-electron chi connectivity index (χ0n) is 15.0. The Morgan fingerprint density at radius 2 is 1.76 bits per heavy atom. The highest BCUT2D eigenvalue weighted by molar-refractivity contribution is 6.32. The molecular formula is C17H24ClN5O2. The Hall–Kier alpha value is -2.28. The van der Waals surface area contributed by atoms with Crippen molar-refractivity contribution < 1.29 is 9.47 Å². The van der Waals surface area contributed by atoms with Crippen LogP contribution in [0.3, 0.4) is 0 Å². The van der Waals surface area contributed by atoms with Crippen LogP contribution in [-0.4, -0.2) is 42.5 Å². The zero-order chi connectivity index (χ0) is 18.2.